The third-order valence-electron chi connectivity index (χ3n) is 3.75. The lowest BCUT2D eigenvalue weighted by Gasteiger charge is -2.26. The molecule has 106 valence electrons. The first-order chi connectivity index (χ1) is 9.24. The van der Waals surface area contributed by atoms with Gasteiger partial charge in [-0.1, -0.05) is 19.3 Å². The van der Waals surface area contributed by atoms with Crippen molar-refractivity contribution >= 4 is 5.97 Å². The molecule has 1 saturated carbocycles. The number of nitrogens with one attached hydrogen (secondary N) is 1. The number of aryl methyl sites for hydroxylation is 1. The van der Waals surface area contributed by atoms with Gasteiger partial charge in [0.15, 0.2) is 0 Å². The Morgan fingerprint density at radius 2 is 2.26 bits per heavy atom. The first kappa shape index (κ1) is 14.1. The van der Waals surface area contributed by atoms with Gasteiger partial charge in [0.25, 0.3) is 0 Å². The lowest BCUT2D eigenvalue weighted by Crippen LogP contribution is -2.38. The van der Waals surface area contributed by atoms with Crippen LogP contribution < -0.4 is 5.32 Å². The standard InChI is InChI=1S/C14H23N3O2/c1-3-17-10-11(9-15-17)13(14(18)19-2)16-12-7-5-4-6-8-12/h9-10,12-13,16H,3-8H2,1-2H3. The van der Waals surface area contributed by atoms with Crippen LogP contribution in [0.4, 0.5) is 0 Å². The highest BCUT2D eigenvalue weighted by Gasteiger charge is 2.26. The fraction of sp³-hybridized carbons (Fsp3) is 0.714. The third kappa shape index (κ3) is 3.56. The van der Waals surface area contributed by atoms with Crippen molar-refractivity contribution in [1.29, 1.82) is 0 Å². The predicted octanol–water partition coefficient (Wildman–Crippen LogP) is 2.04. The molecular formula is C14H23N3O2. The molecule has 1 aliphatic rings. The molecule has 2 rings (SSSR count). The summed E-state index contributed by atoms with van der Waals surface area (Å²) in [5, 5.41) is 7.67. The fourth-order valence-corrected chi connectivity index (χ4v) is 2.62. The van der Waals surface area contributed by atoms with E-state index in [2.05, 4.69) is 10.4 Å². The fourth-order valence-electron chi connectivity index (χ4n) is 2.62. The Balaban J connectivity index is 2.08. The zero-order valence-electron chi connectivity index (χ0n) is 11.8. The van der Waals surface area contributed by atoms with Gasteiger partial charge in [0.05, 0.1) is 13.3 Å². The molecule has 1 aromatic rings. The van der Waals surface area contributed by atoms with Crippen molar-refractivity contribution in [1.82, 2.24) is 15.1 Å². The second-order valence-electron chi connectivity index (χ2n) is 5.09. The number of carbonyl (C=O) groups excluding carboxylic acids is 1. The van der Waals surface area contributed by atoms with Crippen LogP contribution in [0.3, 0.4) is 0 Å². The predicted molar refractivity (Wildman–Crippen MR) is 72.7 cm³/mol. The molecule has 1 fully saturated rings. The lowest BCUT2D eigenvalue weighted by atomic mass is 9.94. The number of ether oxygens (including phenoxy) is 1. The molecule has 5 heteroatoms. The number of methoxy groups -OCH3 is 1. The lowest BCUT2D eigenvalue weighted by molar-refractivity contribution is -0.143. The molecule has 5 nitrogen and oxygen atoms in total. The molecule has 0 spiro atoms. The summed E-state index contributed by atoms with van der Waals surface area (Å²) in [6.45, 7) is 2.83. The van der Waals surface area contributed by atoms with Crippen molar-refractivity contribution in [3.8, 4) is 0 Å². The van der Waals surface area contributed by atoms with Crippen LogP contribution >= 0.6 is 0 Å². The van der Waals surface area contributed by atoms with Crippen LogP contribution in [0.15, 0.2) is 12.4 Å². The molecule has 1 unspecified atom stereocenters. The minimum absolute atomic E-state index is 0.235. The smallest absolute Gasteiger partial charge is 0.327 e. The van der Waals surface area contributed by atoms with Gasteiger partial charge in [0, 0.05) is 24.3 Å². The number of carbonyl (C=O) groups is 1. The monoisotopic (exact) mass is 265 g/mol. The van der Waals surface area contributed by atoms with Gasteiger partial charge in [-0.2, -0.15) is 5.10 Å². The molecule has 1 heterocycles. The molecule has 19 heavy (non-hydrogen) atoms. The van der Waals surface area contributed by atoms with Gasteiger partial charge in [-0.05, 0) is 19.8 Å². The highest BCUT2D eigenvalue weighted by atomic mass is 16.5. The average Bonchev–Trinajstić information content (AvgIpc) is 2.93. The van der Waals surface area contributed by atoms with E-state index < -0.39 is 6.04 Å². The second kappa shape index (κ2) is 6.70. The summed E-state index contributed by atoms with van der Waals surface area (Å²) in [7, 11) is 1.43. The molecule has 1 atom stereocenters. The Labute approximate surface area is 114 Å². The van der Waals surface area contributed by atoms with Crippen molar-refractivity contribution < 1.29 is 9.53 Å². The maximum Gasteiger partial charge on any atom is 0.327 e. The van der Waals surface area contributed by atoms with Gasteiger partial charge in [-0.3, -0.25) is 10.00 Å². The molecular weight excluding hydrogens is 242 g/mol. The van der Waals surface area contributed by atoms with Crippen LogP contribution in [0.2, 0.25) is 0 Å². The van der Waals surface area contributed by atoms with E-state index in [9.17, 15) is 4.79 Å². The van der Waals surface area contributed by atoms with Crippen LogP contribution in [0.25, 0.3) is 0 Å². The zero-order chi connectivity index (χ0) is 13.7. The van der Waals surface area contributed by atoms with Gasteiger partial charge < -0.3 is 4.74 Å². The molecule has 0 aliphatic heterocycles. The Hall–Kier alpha value is -1.36. The normalized spacial score (nSPS) is 18.2. The van der Waals surface area contributed by atoms with Gasteiger partial charge in [-0.15, -0.1) is 0 Å². The maximum atomic E-state index is 12.0. The molecule has 1 aromatic heterocycles. The van der Waals surface area contributed by atoms with Gasteiger partial charge in [0.2, 0.25) is 0 Å². The van der Waals surface area contributed by atoms with Gasteiger partial charge in [0.1, 0.15) is 6.04 Å². The van der Waals surface area contributed by atoms with E-state index in [0.29, 0.717) is 6.04 Å². The minimum Gasteiger partial charge on any atom is -0.468 e. The van der Waals surface area contributed by atoms with Crippen molar-refractivity contribution in [2.75, 3.05) is 7.11 Å². The first-order valence-corrected chi connectivity index (χ1v) is 7.10. The number of esters is 1. The van der Waals surface area contributed by atoms with E-state index in [-0.39, 0.29) is 5.97 Å². The Bertz CT molecular complexity index is 411. The highest BCUT2D eigenvalue weighted by molar-refractivity contribution is 5.77. The number of nitrogens with zero attached hydrogens (tertiary/aromatic N) is 2. The van der Waals surface area contributed by atoms with E-state index in [1.54, 1.807) is 6.20 Å². The van der Waals surface area contributed by atoms with Crippen LogP contribution in [-0.2, 0) is 16.1 Å². The van der Waals surface area contributed by atoms with E-state index >= 15 is 0 Å². The second-order valence-corrected chi connectivity index (χ2v) is 5.09. The maximum absolute atomic E-state index is 12.0. The summed E-state index contributed by atoms with van der Waals surface area (Å²) in [6, 6.07) is 0.0104. The van der Waals surface area contributed by atoms with Crippen LogP contribution in [0, 0.1) is 0 Å². The first-order valence-electron chi connectivity index (χ1n) is 7.10. The molecule has 1 aliphatic carbocycles. The van der Waals surface area contributed by atoms with E-state index in [1.807, 2.05) is 17.8 Å². The number of hydrogen-bond acceptors (Lipinski definition) is 4. The zero-order valence-corrected chi connectivity index (χ0v) is 11.8. The highest BCUT2D eigenvalue weighted by Crippen LogP contribution is 2.22. The summed E-state index contributed by atoms with van der Waals surface area (Å²) in [6.07, 6.45) is 9.71. The summed E-state index contributed by atoms with van der Waals surface area (Å²) in [5.74, 6) is -0.235. The Morgan fingerprint density at radius 3 is 2.84 bits per heavy atom. The third-order valence-corrected chi connectivity index (χ3v) is 3.75. The van der Waals surface area contributed by atoms with Crippen LogP contribution in [-0.4, -0.2) is 28.9 Å². The molecule has 1 N–H and O–H groups in total. The number of hydrogen-bond donors (Lipinski definition) is 1. The molecule has 0 aromatic carbocycles. The van der Waals surface area contributed by atoms with Crippen LogP contribution in [0.1, 0.15) is 50.6 Å². The summed E-state index contributed by atoms with van der Waals surface area (Å²) < 4.78 is 6.74. The number of aromatic nitrogens is 2. The number of rotatable bonds is 5. The van der Waals surface area contributed by atoms with Crippen LogP contribution in [0.5, 0.6) is 0 Å². The largest absolute Gasteiger partial charge is 0.468 e. The van der Waals surface area contributed by atoms with E-state index in [0.717, 1.165) is 24.9 Å². The Kier molecular flexibility index (Phi) is 4.96. The molecule has 0 saturated heterocycles. The molecule has 0 radical (unpaired) electrons. The van der Waals surface area contributed by atoms with Gasteiger partial charge in [-0.25, -0.2) is 4.79 Å². The topological polar surface area (TPSA) is 56.2 Å². The van der Waals surface area contributed by atoms with Crippen molar-refractivity contribution in [2.45, 2.75) is 57.7 Å². The average molecular weight is 265 g/mol. The molecule has 0 bridgehead atoms. The molecule has 0 amide bonds. The van der Waals surface area contributed by atoms with E-state index in [4.69, 9.17) is 4.74 Å². The van der Waals surface area contributed by atoms with Gasteiger partial charge >= 0.3 is 5.97 Å². The SMILES string of the molecule is CCn1cc(C(NC2CCCCC2)C(=O)OC)cn1. The van der Waals surface area contributed by atoms with E-state index in [1.165, 1.54) is 26.4 Å². The van der Waals surface area contributed by atoms with Crippen molar-refractivity contribution in [3.63, 3.8) is 0 Å². The van der Waals surface area contributed by atoms with Crippen molar-refractivity contribution in [3.05, 3.63) is 18.0 Å². The Morgan fingerprint density at radius 1 is 1.53 bits per heavy atom. The quantitative estimate of drug-likeness (QED) is 0.828. The minimum atomic E-state index is -0.395. The summed E-state index contributed by atoms with van der Waals surface area (Å²) in [5.41, 5.74) is 0.888. The van der Waals surface area contributed by atoms with Crippen molar-refractivity contribution in [2.24, 2.45) is 0 Å². The summed E-state index contributed by atoms with van der Waals surface area (Å²) >= 11 is 0. The summed E-state index contributed by atoms with van der Waals surface area (Å²) in [4.78, 5) is 12.0.